The summed E-state index contributed by atoms with van der Waals surface area (Å²) in [5, 5.41) is 40.6. The molecule has 4 aliphatic rings. The van der Waals surface area contributed by atoms with Gasteiger partial charge in [-0.1, -0.05) is 41.4 Å². The van der Waals surface area contributed by atoms with Gasteiger partial charge in [-0.25, -0.2) is 9.80 Å². The Balaban J connectivity index is 1.16. The van der Waals surface area contributed by atoms with Crippen LogP contribution in [0, 0.1) is 56.2 Å². The monoisotopic (exact) mass is 893 g/mol. The summed E-state index contributed by atoms with van der Waals surface area (Å²) in [5.41, 5.74) is -0.708. The Hall–Kier alpha value is -6.50. The van der Waals surface area contributed by atoms with E-state index in [1.165, 1.54) is 39.9 Å². The zero-order chi connectivity index (χ0) is 45.0. The first-order valence-corrected chi connectivity index (χ1v) is 21.3. The molecule has 1 N–H and O–H groups in total. The number of imide groups is 2. The standard InChI is InChI=1S/C44H40ClN7O10S/c1-21-27-16-22(45)10-13-34(27)63-39(21)30-20-35(48(5)46-30)50-41(55)29-19-28-24(37(44(29,2)43(50)57)25-8-6-7-9-33(25)62-15-14-53)11-12-26-36(28)42(56)49(40(26)54)23-17-31(51(58)59)38(47(3)4)32(18-23)52(60)61/h6-11,13,16-18,20,26,28-29,36-37,53H,12,14-15,19H2,1-5H3/t26-,28+,29-,36-,37+,44+/m0/s1. The van der Waals surface area contributed by atoms with Gasteiger partial charge in [-0.2, -0.15) is 5.10 Å². The van der Waals surface area contributed by atoms with Crippen molar-refractivity contribution >= 4 is 85.2 Å². The van der Waals surface area contributed by atoms with E-state index in [4.69, 9.17) is 21.4 Å². The third-order valence-electron chi connectivity index (χ3n) is 13.2. The highest BCUT2D eigenvalue weighted by Gasteiger charge is 2.68. The van der Waals surface area contributed by atoms with E-state index < -0.39 is 79.9 Å². The van der Waals surface area contributed by atoms with Crippen molar-refractivity contribution in [1.82, 2.24) is 9.78 Å². The molecule has 0 spiro atoms. The van der Waals surface area contributed by atoms with Crippen molar-refractivity contribution in [3.8, 4) is 16.3 Å². The zero-order valence-corrected chi connectivity index (χ0v) is 36.2. The van der Waals surface area contributed by atoms with Gasteiger partial charge < -0.3 is 14.7 Å². The Morgan fingerprint density at radius 3 is 2.33 bits per heavy atom. The second-order valence-electron chi connectivity index (χ2n) is 16.7. The van der Waals surface area contributed by atoms with E-state index in [-0.39, 0.29) is 43.2 Å². The number of nitrogens with zero attached hydrogens (tertiary/aromatic N) is 7. The number of aliphatic hydroxyl groups is 1. The molecule has 2 aliphatic heterocycles. The van der Waals surface area contributed by atoms with Crippen molar-refractivity contribution in [3.63, 3.8) is 0 Å². The minimum atomic E-state index is -1.45. The summed E-state index contributed by atoms with van der Waals surface area (Å²) in [6.07, 6.45) is 1.88. The summed E-state index contributed by atoms with van der Waals surface area (Å²) in [5.74, 6) is -6.53. The van der Waals surface area contributed by atoms with Gasteiger partial charge in [0.15, 0.2) is 5.69 Å². The minimum absolute atomic E-state index is 0.00560. The fourth-order valence-electron chi connectivity index (χ4n) is 10.5. The second-order valence-corrected chi connectivity index (χ2v) is 18.2. The Morgan fingerprint density at radius 1 is 0.968 bits per heavy atom. The summed E-state index contributed by atoms with van der Waals surface area (Å²) >= 11 is 7.84. The third kappa shape index (κ3) is 6.17. The number of ether oxygens (including phenoxy) is 1. The molecule has 17 nitrogen and oxygen atoms in total. The molecule has 19 heteroatoms. The fraction of sp³-hybridized carbons (Fsp3) is 0.341. The van der Waals surface area contributed by atoms with Gasteiger partial charge >= 0.3 is 11.4 Å². The smallest absolute Gasteiger partial charge is 0.301 e. The molecule has 0 radical (unpaired) electrons. The number of rotatable bonds is 10. The maximum Gasteiger partial charge on any atom is 0.301 e. The number of aliphatic hydroxyl groups excluding tert-OH is 1. The summed E-state index contributed by atoms with van der Waals surface area (Å²) in [6.45, 7) is 3.34. The van der Waals surface area contributed by atoms with Crippen LogP contribution in [0.25, 0.3) is 20.7 Å². The lowest BCUT2D eigenvalue weighted by molar-refractivity contribution is -0.392. The molecular weight excluding hydrogens is 854 g/mol. The van der Waals surface area contributed by atoms with Gasteiger partial charge in [0.05, 0.1) is 50.2 Å². The van der Waals surface area contributed by atoms with E-state index in [1.54, 1.807) is 44.3 Å². The summed E-state index contributed by atoms with van der Waals surface area (Å²) < 4.78 is 8.52. The number of benzene rings is 3. The van der Waals surface area contributed by atoms with Crippen LogP contribution < -0.4 is 19.4 Å². The number of hydrogen-bond acceptors (Lipinski definition) is 13. The van der Waals surface area contributed by atoms with Crippen LogP contribution >= 0.6 is 22.9 Å². The summed E-state index contributed by atoms with van der Waals surface area (Å²) in [7, 11) is 4.48. The van der Waals surface area contributed by atoms with Crippen LogP contribution in [0.1, 0.15) is 36.8 Å². The zero-order valence-electron chi connectivity index (χ0n) is 34.6. The molecule has 63 heavy (non-hydrogen) atoms. The van der Waals surface area contributed by atoms with Crippen LogP contribution in [0.15, 0.2) is 72.3 Å². The highest BCUT2D eigenvalue weighted by molar-refractivity contribution is 7.22. The molecule has 5 aromatic rings. The number of allylic oxidation sites excluding steroid dienone is 2. The van der Waals surface area contributed by atoms with Gasteiger partial charge in [0, 0.05) is 60.5 Å². The Labute approximate surface area is 368 Å². The number of aryl methyl sites for hydroxylation is 2. The molecule has 0 bridgehead atoms. The first-order valence-electron chi connectivity index (χ1n) is 20.1. The van der Waals surface area contributed by atoms with E-state index in [0.717, 1.165) is 37.6 Å². The molecule has 2 aromatic heterocycles. The van der Waals surface area contributed by atoms with E-state index in [0.29, 0.717) is 27.6 Å². The average Bonchev–Trinajstić information content (AvgIpc) is 3.92. The second kappa shape index (κ2) is 15.1. The molecule has 2 aliphatic carbocycles. The molecule has 9 rings (SSSR count). The topological polar surface area (TPSA) is 212 Å². The Bertz CT molecular complexity index is 2850. The van der Waals surface area contributed by atoms with Gasteiger partial charge in [-0.15, -0.1) is 11.3 Å². The molecule has 2 saturated heterocycles. The number of carbonyl (C=O) groups is 4. The maximum absolute atomic E-state index is 15.3. The van der Waals surface area contributed by atoms with E-state index in [2.05, 4.69) is 0 Å². The molecule has 4 heterocycles. The normalized spacial score (nSPS) is 24.1. The molecule has 4 amide bonds. The largest absolute Gasteiger partial charge is 0.491 e. The van der Waals surface area contributed by atoms with Crippen LogP contribution in [0.5, 0.6) is 5.75 Å². The highest BCUT2D eigenvalue weighted by Crippen LogP contribution is 2.65. The first-order chi connectivity index (χ1) is 30.0. The van der Waals surface area contributed by atoms with Gasteiger partial charge in [0.1, 0.15) is 23.9 Å². The number of hydrogen-bond donors (Lipinski definition) is 1. The predicted molar refractivity (Wildman–Crippen MR) is 234 cm³/mol. The van der Waals surface area contributed by atoms with Crippen molar-refractivity contribution in [1.29, 1.82) is 0 Å². The first kappa shape index (κ1) is 41.8. The lowest BCUT2D eigenvalue weighted by Gasteiger charge is -2.49. The molecule has 1 saturated carbocycles. The summed E-state index contributed by atoms with van der Waals surface area (Å²) in [4.78, 5) is 86.6. The van der Waals surface area contributed by atoms with Crippen molar-refractivity contribution in [2.24, 2.45) is 36.1 Å². The average molecular weight is 894 g/mol. The summed E-state index contributed by atoms with van der Waals surface area (Å²) in [6, 6.07) is 16.3. The highest BCUT2D eigenvalue weighted by atomic mass is 35.5. The van der Waals surface area contributed by atoms with Gasteiger partial charge in [-0.05, 0) is 67.8 Å². The van der Waals surface area contributed by atoms with Crippen molar-refractivity contribution in [2.75, 3.05) is 42.0 Å². The quantitative estimate of drug-likeness (QED) is 0.0653. The molecule has 0 unspecified atom stereocenters. The van der Waals surface area contributed by atoms with Crippen LogP contribution in [0.2, 0.25) is 5.02 Å². The van der Waals surface area contributed by atoms with Gasteiger partial charge in [0.25, 0.3) is 0 Å². The number of nitro groups is 2. The van der Waals surface area contributed by atoms with Crippen molar-refractivity contribution in [3.05, 3.63) is 109 Å². The molecule has 3 aromatic carbocycles. The third-order valence-corrected chi connectivity index (χ3v) is 14.8. The number of nitro benzene ring substituents is 2. The number of thiophene rings is 1. The number of anilines is 3. The van der Waals surface area contributed by atoms with Crippen LogP contribution in [0.3, 0.4) is 0 Å². The van der Waals surface area contributed by atoms with Gasteiger partial charge in [-0.3, -0.25) is 44.1 Å². The Morgan fingerprint density at radius 2 is 1.67 bits per heavy atom. The molecule has 324 valence electrons. The van der Waals surface area contributed by atoms with Crippen LogP contribution in [0.4, 0.5) is 28.6 Å². The lowest BCUT2D eigenvalue weighted by atomic mass is 9.51. The van der Waals surface area contributed by atoms with E-state index in [9.17, 15) is 34.9 Å². The van der Waals surface area contributed by atoms with Crippen LogP contribution in [-0.4, -0.2) is 75.7 Å². The van der Waals surface area contributed by atoms with Crippen LogP contribution in [-0.2, 0) is 26.2 Å². The molecule has 6 atom stereocenters. The minimum Gasteiger partial charge on any atom is -0.491 e. The van der Waals surface area contributed by atoms with E-state index >= 15 is 9.59 Å². The SMILES string of the molecule is Cc1c(-c2cc(N3C(=O)[C@@H]4C[C@@H]5C(=CC[C@@H]6C(=O)N(c7cc([N+](=O)[O-])c(N(C)C)c([N+](=O)[O-])c7)C(=O)[C@@H]65)[C@H](c5ccccc5OCCO)[C@]4(C)C3=O)n(C)n2)sc2ccc(Cl)cc12. The van der Waals surface area contributed by atoms with Crippen molar-refractivity contribution < 1.29 is 38.9 Å². The maximum atomic E-state index is 15.3. The Kier molecular flexibility index (Phi) is 10.0. The lowest BCUT2D eigenvalue weighted by Crippen LogP contribution is -2.49. The number of aromatic nitrogens is 2. The number of halogens is 1. The van der Waals surface area contributed by atoms with Crippen molar-refractivity contribution in [2.45, 2.75) is 32.6 Å². The van der Waals surface area contributed by atoms with E-state index in [1.807, 2.05) is 31.2 Å². The molecular formula is C44H40ClN7O10S. The fourth-order valence-corrected chi connectivity index (χ4v) is 11.8. The van der Waals surface area contributed by atoms with Gasteiger partial charge in [0.2, 0.25) is 23.6 Å². The molecule has 3 fully saturated rings. The number of para-hydroxylation sites is 1. The number of amides is 4. The number of carbonyl (C=O) groups excluding carboxylic acids is 4. The number of fused-ring (bicyclic) bond motifs is 5. The predicted octanol–water partition coefficient (Wildman–Crippen LogP) is 6.95.